The van der Waals surface area contributed by atoms with Crippen molar-refractivity contribution in [3.8, 4) is 12.3 Å². The molecule has 0 aromatic rings. The molecule has 0 aliphatic rings. The third-order valence-electron chi connectivity index (χ3n) is 1.45. The van der Waals surface area contributed by atoms with E-state index in [1.807, 2.05) is 6.92 Å². The largest absolute Gasteiger partial charge is 0.376 e. The Bertz CT molecular complexity index is 169. The maximum Gasteiger partial charge on any atom is 0.0672 e. The first-order chi connectivity index (χ1) is 6.27. The first-order valence-electron chi connectivity index (χ1n) is 4.63. The molecular formula is C11H19NO. The first kappa shape index (κ1) is 12.2. The summed E-state index contributed by atoms with van der Waals surface area (Å²) in [5, 5.41) is 3.24. The molecule has 0 fully saturated rings. The van der Waals surface area contributed by atoms with E-state index in [9.17, 15) is 0 Å². The molecule has 2 nitrogen and oxygen atoms in total. The highest BCUT2D eigenvalue weighted by Crippen LogP contribution is 1.87. The lowest BCUT2D eigenvalue weighted by Gasteiger charge is -2.04. The van der Waals surface area contributed by atoms with E-state index in [1.54, 1.807) is 0 Å². The second-order valence-electron chi connectivity index (χ2n) is 3.07. The summed E-state index contributed by atoms with van der Waals surface area (Å²) in [7, 11) is 0. The molecule has 0 aromatic carbocycles. The number of terminal acetylenes is 1. The van der Waals surface area contributed by atoms with Crippen LogP contribution in [-0.2, 0) is 4.74 Å². The van der Waals surface area contributed by atoms with E-state index < -0.39 is 0 Å². The van der Waals surface area contributed by atoms with Crippen LogP contribution in [0.15, 0.2) is 12.2 Å². The normalized spacial score (nSPS) is 9.54. The van der Waals surface area contributed by atoms with Crippen LogP contribution >= 0.6 is 0 Å². The lowest BCUT2D eigenvalue weighted by Crippen LogP contribution is -2.21. The molecule has 74 valence electrons. The highest BCUT2D eigenvalue weighted by molar-refractivity contribution is 4.87. The first-order valence-corrected chi connectivity index (χ1v) is 4.63. The van der Waals surface area contributed by atoms with Crippen molar-refractivity contribution in [2.75, 3.05) is 26.3 Å². The van der Waals surface area contributed by atoms with Gasteiger partial charge in [-0.25, -0.2) is 0 Å². The molecule has 0 aliphatic carbocycles. The number of ether oxygens (including phenoxy) is 1. The fourth-order valence-electron chi connectivity index (χ4n) is 0.831. The predicted molar refractivity (Wildman–Crippen MR) is 56.6 cm³/mol. The monoisotopic (exact) mass is 181 g/mol. The Morgan fingerprint density at radius 2 is 2.31 bits per heavy atom. The molecule has 0 saturated heterocycles. The fraction of sp³-hybridized carbons (Fsp3) is 0.636. The highest BCUT2D eigenvalue weighted by Gasteiger charge is 1.88. The number of hydrogen-bond donors (Lipinski definition) is 1. The predicted octanol–water partition coefficient (Wildman–Crippen LogP) is 1.58. The summed E-state index contributed by atoms with van der Waals surface area (Å²) in [6.45, 7) is 8.96. The van der Waals surface area contributed by atoms with Gasteiger partial charge in [0.1, 0.15) is 0 Å². The van der Waals surface area contributed by atoms with Gasteiger partial charge in [0.25, 0.3) is 0 Å². The minimum atomic E-state index is 0.659. The molecule has 0 aliphatic heterocycles. The Morgan fingerprint density at radius 1 is 1.54 bits per heavy atom. The average Bonchev–Trinajstić information content (AvgIpc) is 2.09. The Balaban J connectivity index is 2.92. The molecule has 1 N–H and O–H groups in total. The van der Waals surface area contributed by atoms with Crippen molar-refractivity contribution in [2.24, 2.45) is 0 Å². The molecule has 0 heterocycles. The van der Waals surface area contributed by atoms with Gasteiger partial charge in [-0.15, -0.1) is 12.3 Å². The van der Waals surface area contributed by atoms with Gasteiger partial charge in [-0.2, -0.15) is 0 Å². The van der Waals surface area contributed by atoms with Gasteiger partial charge in [0.15, 0.2) is 0 Å². The molecule has 0 radical (unpaired) electrons. The van der Waals surface area contributed by atoms with Crippen molar-refractivity contribution in [1.82, 2.24) is 5.32 Å². The molecule has 13 heavy (non-hydrogen) atoms. The highest BCUT2D eigenvalue weighted by atomic mass is 16.5. The summed E-state index contributed by atoms with van der Waals surface area (Å²) in [5.41, 5.74) is 1.06. The van der Waals surface area contributed by atoms with Crippen LogP contribution in [-0.4, -0.2) is 26.3 Å². The van der Waals surface area contributed by atoms with Gasteiger partial charge in [-0.05, 0) is 19.9 Å². The average molecular weight is 181 g/mol. The third-order valence-corrected chi connectivity index (χ3v) is 1.45. The maximum atomic E-state index is 5.30. The lowest BCUT2D eigenvalue weighted by atomic mass is 10.3. The summed E-state index contributed by atoms with van der Waals surface area (Å²) in [4.78, 5) is 0. The Morgan fingerprint density at radius 3 is 2.92 bits per heavy atom. The molecule has 0 aromatic heterocycles. The molecule has 0 atom stereocenters. The zero-order valence-corrected chi connectivity index (χ0v) is 8.44. The topological polar surface area (TPSA) is 21.3 Å². The number of unbranched alkanes of at least 4 members (excludes halogenated alkanes) is 1. The summed E-state index contributed by atoms with van der Waals surface area (Å²) in [5.74, 6) is 2.60. The van der Waals surface area contributed by atoms with Crippen molar-refractivity contribution < 1.29 is 4.74 Å². The summed E-state index contributed by atoms with van der Waals surface area (Å²) >= 11 is 0. The van der Waals surface area contributed by atoms with Gasteiger partial charge in [0.2, 0.25) is 0 Å². The number of hydrogen-bond acceptors (Lipinski definition) is 2. The van der Waals surface area contributed by atoms with Gasteiger partial charge in [-0.1, -0.05) is 12.2 Å². The number of rotatable bonds is 8. The molecule has 0 amide bonds. The van der Waals surface area contributed by atoms with E-state index in [1.165, 1.54) is 0 Å². The zero-order chi connectivity index (χ0) is 9.94. The van der Waals surface area contributed by atoms with Crippen LogP contribution in [0.4, 0.5) is 0 Å². The van der Waals surface area contributed by atoms with E-state index in [0.29, 0.717) is 6.61 Å². The van der Waals surface area contributed by atoms with Gasteiger partial charge in [0, 0.05) is 13.0 Å². The van der Waals surface area contributed by atoms with Crippen LogP contribution in [0.3, 0.4) is 0 Å². The summed E-state index contributed by atoms with van der Waals surface area (Å²) < 4.78 is 5.30. The second kappa shape index (κ2) is 9.31. The van der Waals surface area contributed by atoms with Crippen LogP contribution in [0.1, 0.15) is 19.8 Å². The minimum Gasteiger partial charge on any atom is -0.376 e. The van der Waals surface area contributed by atoms with Crippen LogP contribution in [0.5, 0.6) is 0 Å². The molecule has 2 heteroatoms. The van der Waals surface area contributed by atoms with Crippen LogP contribution in [0.2, 0.25) is 0 Å². The summed E-state index contributed by atoms with van der Waals surface area (Å²) in [6.07, 6.45) is 7.00. The SMILES string of the molecule is C#CCCCNCCOCC(=C)C. The van der Waals surface area contributed by atoms with Crippen molar-refractivity contribution in [3.63, 3.8) is 0 Å². The van der Waals surface area contributed by atoms with Crippen molar-refractivity contribution >= 4 is 0 Å². The van der Waals surface area contributed by atoms with Crippen LogP contribution in [0.25, 0.3) is 0 Å². The zero-order valence-electron chi connectivity index (χ0n) is 8.44. The smallest absolute Gasteiger partial charge is 0.0672 e. The Kier molecular flexibility index (Phi) is 8.75. The maximum absolute atomic E-state index is 5.30. The Labute approximate surface area is 81.4 Å². The third kappa shape index (κ3) is 11.2. The van der Waals surface area contributed by atoms with Gasteiger partial charge >= 0.3 is 0 Å². The molecule has 0 rings (SSSR count). The minimum absolute atomic E-state index is 0.659. The molecular weight excluding hydrogens is 162 g/mol. The molecule has 0 unspecified atom stereocenters. The summed E-state index contributed by atoms with van der Waals surface area (Å²) in [6, 6.07) is 0. The number of nitrogens with one attached hydrogen (secondary N) is 1. The van der Waals surface area contributed by atoms with Gasteiger partial charge < -0.3 is 10.1 Å². The molecule has 0 spiro atoms. The van der Waals surface area contributed by atoms with Crippen molar-refractivity contribution in [2.45, 2.75) is 19.8 Å². The van der Waals surface area contributed by atoms with Crippen molar-refractivity contribution in [3.05, 3.63) is 12.2 Å². The van der Waals surface area contributed by atoms with Crippen LogP contribution < -0.4 is 5.32 Å². The molecule has 0 bridgehead atoms. The molecule has 0 saturated carbocycles. The Hall–Kier alpha value is -0.780. The lowest BCUT2D eigenvalue weighted by molar-refractivity contribution is 0.158. The van der Waals surface area contributed by atoms with E-state index in [0.717, 1.165) is 38.1 Å². The van der Waals surface area contributed by atoms with E-state index in [-0.39, 0.29) is 0 Å². The quantitative estimate of drug-likeness (QED) is 0.349. The van der Waals surface area contributed by atoms with Gasteiger partial charge in [-0.3, -0.25) is 0 Å². The second-order valence-corrected chi connectivity index (χ2v) is 3.07. The van der Waals surface area contributed by atoms with E-state index in [2.05, 4.69) is 17.8 Å². The van der Waals surface area contributed by atoms with Gasteiger partial charge in [0.05, 0.1) is 13.2 Å². The standard InChI is InChI=1S/C11H19NO/c1-4-5-6-7-12-8-9-13-10-11(2)3/h1,12H,2,5-10H2,3H3. The van der Waals surface area contributed by atoms with Crippen LogP contribution in [0, 0.1) is 12.3 Å². The van der Waals surface area contributed by atoms with E-state index in [4.69, 9.17) is 11.2 Å². The van der Waals surface area contributed by atoms with E-state index >= 15 is 0 Å². The van der Waals surface area contributed by atoms with Crippen molar-refractivity contribution in [1.29, 1.82) is 0 Å². The fourth-order valence-corrected chi connectivity index (χ4v) is 0.831.